The molecule has 0 aliphatic heterocycles. The first kappa shape index (κ1) is 14.5. The van der Waals surface area contributed by atoms with Gasteiger partial charge in [0.25, 0.3) is 0 Å². The molecule has 2 nitrogen and oxygen atoms in total. The van der Waals surface area contributed by atoms with E-state index in [4.69, 9.17) is 5.11 Å². The quantitative estimate of drug-likeness (QED) is 0.743. The average Bonchev–Trinajstić information content (AvgIpc) is 2.15. The third-order valence-corrected chi connectivity index (χ3v) is 3.99. The van der Waals surface area contributed by atoms with E-state index in [0.717, 1.165) is 12.3 Å². The number of hydrogen-bond donors (Lipinski definition) is 1. The van der Waals surface area contributed by atoms with Crippen LogP contribution >= 0.6 is 0 Å². The molecule has 0 aromatic carbocycles. The molecular formula is C15H28O2. The summed E-state index contributed by atoms with van der Waals surface area (Å²) in [6.07, 6.45) is 9.59. The SMILES string of the molecule is CC(CC(=O)O)CC(C)(C)CC1CCCCC1. The average molecular weight is 240 g/mol. The zero-order valence-electron chi connectivity index (χ0n) is 11.7. The number of rotatable bonds is 6. The van der Waals surface area contributed by atoms with Crippen molar-refractivity contribution in [2.24, 2.45) is 17.3 Å². The monoisotopic (exact) mass is 240 g/mol. The first-order valence-corrected chi connectivity index (χ1v) is 7.11. The number of carbonyl (C=O) groups is 1. The predicted molar refractivity (Wildman–Crippen MR) is 71.0 cm³/mol. The Bertz CT molecular complexity index is 239. The summed E-state index contributed by atoms with van der Waals surface area (Å²) in [4.78, 5) is 10.7. The highest BCUT2D eigenvalue weighted by Crippen LogP contribution is 2.38. The van der Waals surface area contributed by atoms with Crippen LogP contribution in [0, 0.1) is 17.3 Å². The Morgan fingerprint density at radius 3 is 2.41 bits per heavy atom. The molecule has 17 heavy (non-hydrogen) atoms. The first-order chi connectivity index (χ1) is 7.89. The molecule has 1 unspecified atom stereocenters. The van der Waals surface area contributed by atoms with Crippen LogP contribution in [0.25, 0.3) is 0 Å². The maximum absolute atomic E-state index is 10.7. The summed E-state index contributed by atoms with van der Waals surface area (Å²) < 4.78 is 0. The maximum atomic E-state index is 10.7. The van der Waals surface area contributed by atoms with E-state index in [-0.39, 0.29) is 0 Å². The highest BCUT2D eigenvalue weighted by molar-refractivity contribution is 5.66. The Morgan fingerprint density at radius 2 is 1.88 bits per heavy atom. The summed E-state index contributed by atoms with van der Waals surface area (Å²) in [6, 6.07) is 0. The molecule has 100 valence electrons. The van der Waals surface area contributed by atoms with Gasteiger partial charge in [0.1, 0.15) is 0 Å². The van der Waals surface area contributed by atoms with Gasteiger partial charge < -0.3 is 5.11 Å². The van der Waals surface area contributed by atoms with Gasteiger partial charge in [-0.15, -0.1) is 0 Å². The topological polar surface area (TPSA) is 37.3 Å². The molecule has 1 aliphatic rings. The van der Waals surface area contributed by atoms with Crippen molar-refractivity contribution in [3.8, 4) is 0 Å². The lowest BCUT2D eigenvalue weighted by molar-refractivity contribution is -0.138. The van der Waals surface area contributed by atoms with Crippen LogP contribution in [0.5, 0.6) is 0 Å². The fourth-order valence-corrected chi connectivity index (χ4v) is 3.57. The van der Waals surface area contributed by atoms with E-state index >= 15 is 0 Å². The van der Waals surface area contributed by atoms with Gasteiger partial charge in [-0.05, 0) is 30.1 Å². The molecule has 0 amide bonds. The molecule has 0 aromatic heterocycles. The van der Waals surface area contributed by atoms with Crippen LogP contribution < -0.4 is 0 Å². The fraction of sp³-hybridized carbons (Fsp3) is 0.933. The number of hydrogen-bond acceptors (Lipinski definition) is 1. The largest absolute Gasteiger partial charge is 0.481 e. The third-order valence-electron chi connectivity index (χ3n) is 3.99. The van der Waals surface area contributed by atoms with Gasteiger partial charge in [-0.1, -0.05) is 52.9 Å². The Morgan fingerprint density at radius 1 is 1.29 bits per heavy atom. The molecule has 1 N–H and O–H groups in total. The number of aliphatic carboxylic acids is 1. The summed E-state index contributed by atoms with van der Waals surface area (Å²) in [5, 5.41) is 8.80. The van der Waals surface area contributed by atoms with Crippen molar-refractivity contribution >= 4 is 5.97 Å². The molecule has 0 aromatic rings. The van der Waals surface area contributed by atoms with Crippen molar-refractivity contribution in [2.45, 2.75) is 72.1 Å². The lowest BCUT2D eigenvalue weighted by Gasteiger charge is -2.33. The van der Waals surface area contributed by atoms with Crippen LogP contribution in [-0.2, 0) is 4.79 Å². The highest BCUT2D eigenvalue weighted by atomic mass is 16.4. The second-order valence-electron chi connectivity index (χ2n) is 6.78. The van der Waals surface area contributed by atoms with Gasteiger partial charge in [-0.3, -0.25) is 4.79 Å². The van der Waals surface area contributed by atoms with Crippen molar-refractivity contribution < 1.29 is 9.90 Å². The molecule has 1 rings (SSSR count). The van der Waals surface area contributed by atoms with Gasteiger partial charge >= 0.3 is 5.97 Å². The zero-order chi connectivity index (χ0) is 12.9. The van der Waals surface area contributed by atoms with Gasteiger partial charge in [0.15, 0.2) is 0 Å². The Hall–Kier alpha value is -0.530. The van der Waals surface area contributed by atoms with Crippen molar-refractivity contribution in [1.82, 2.24) is 0 Å². The standard InChI is InChI=1S/C15H28O2/c1-12(9-14(16)17)10-15(2,3)11-13-7-5-4-6-8-13/h12-13H,4-11H2,1-3H3,(H,16,17). The van der Waals surface area contributed by atoms with Gasteiger partial charge in [0.2, 0.25) is 0 Å². The Labute approximate surface area is 106 Å². The second-order valence-corrected chi connectivity index (χ2v) is 6.78. The van der Waals surface area contributed by atoms with Gasteiger partial charge in [-0.25, -0.2) is 0 Å². The van der Waals surface area contributed by atoms with Crippen LogP contribution in [0.1, 0.15) is 72.1 Å². The van der Waals surface area contributed by atoms with E-state index in [0.29, 0.717) is 17.8 Å². The summed E-state index contributed by atoms with van der Waals surface area (Å²) in [5.41, 5.74) is 0.302. The maximum Gasteiger partial charge on any atom is 0.303 e. The van der Waals surface area contributed by atoms with Crippen molar-refractivity contribution in [1.29, 1.82) is 0 Å². The van der Waals surface area contributed by atoms with Crippen molar-refractivity contribution in [3.63, 3.8) is 0 Å². The first-order valence-electron chi connectivity index (χ1n) is 7.11. The van der Waals surface area contributed by atoms with Crippen LogP contribution in [0.2, 0.25) is 0 Å². The molecule has 0 bridgehead atoms. The predicted octanol–water partition coefficient (Wildman–Crippen LogP) is 4.48. The van der Waals surface area contributed by atoms with E-state index < -0.39 is 5.97 Å². The fourth-order valence-electron chi connectivity index (χ4n) is 3.57. The molecule has 0 spiro atoms. The minimum atomic E-state index is -0.661. The number of carboxylic acids is 1. The van der Waals surface area contributed by atoms with Crippen LogP contribution in [0.15, 0.2) is 0 Å². The van der Waals surface area contributed by atoms with Crippen LogP contribution in [-0.4, -0.2) is 11.1 Å². The molecule has 1 aliphatic carbocycles. The van der Waals surface area contributed by atoms with Gasteiger partial charge in [0, 0.05) is 6.42 Å². The second kappa shape index (κ2) is 6.42. The van der Waals surface area contributed by atoms with Crippen LogP contribution in [0.4, 0.5) is 0 Å². The van der Waals surface area contributed by atoms with Crippen molar-refractivity contribution in [3.05, 3.63) is 0 Å². The summed E-state index contributed by atoms with van der Waals surface area (Å²) >= 11 is 0. The van der Waals surface area contributed by atoms with E-state index in [1.165, 1.54) is 38.5 Å². The van der Waals surface area contributed by atoms with Crippen LogP contribution in [0.3, 0.4) is 0 Å². The minimum absolute atomic E-state index is 0.297. The van der Waals surface area contributed by atoms with Gasteiger partial charge in [-0.2, -0.15) is 0 Å². The summed E-state index contributed by atoms with van der Waals surface area (Å²) in [7, 11) is 0. The van der Waals surface area contributed by atoms with Crippen molar-refractivity contribution in [2.75, 3.05) is 0 Å². The molecule has 2 heteroatoms. The Balaban J connectivity index is 2.35. The van der Waals surface area contributed by atoms with E-state index in [9.17, 15) is 4.79 Å². The summed E-state index contributed by atoms with van der Waals surface area (Å²) in [5.74, 6) is 0.521. The molecule has 1 fully saturated rings. The van der Waals surface area contributed by atoms with E-state index in [2.05, 4.69) is 20.8 Å². The zero-order valence-corrected chi connectivity index (χ0v) is 11.7. The Kier molecular flexibility index (Phi) is 5.48. The summed E-state index contributed by atoms with van der Waals surface area (Å²) in [6.45, 7) is 6.68. The molecule has 1 atom stereocenters. The van der Waals surface area contributed by atoms with Gasteiger partial charge in [0.05, 0.1) is 0 Å². The normalized spacial score (nSPS) is 20.2. The third kappa shape index (κ3) is 6.09. The lowest BCUT2D eigenvalue weighted by Crippen LogP contribution is -2.22. The number of carboxylic acid groups (broad SMARTS) is 1. The molecule has 0 saturated heterocycles. The smallest absolute Gasteiger partial charge is 0.303 e. The lowest BCUT2D eigenvalue weighted by atomic mass is 9.72. The molecule has 0 radical (unpaired) electrons. The minimum Gasteiger partial charge on any atom is -0.481 e. The van der Waals surface area contributed by atoms with E-state index in [1.54, 1.807) is 0 Å². The van der Waals surface area contributed by atoms with E-state index in [1.807, 2.05) is 0 Å². The molecule has 0 heterocycles. The molecule has 1 saturated carbocycles. The molecular weight excluding hydrogens is 212 g/mol. The highest BCUT2D eigenvalue weighted by Gasteiger charge is 2.27.